The van der Waals surface area contributed by atoms with Crippen molar-refractivity contribution >= 4 is 29.9 Å². The third-order valence-electron chi connectivity index (χ3n) is 5.03. The molecule has 2 aliphatic rings. The Kier molecular flexibility index (Phi) is 11.2. The number of hydrogen-bond donors (Lipinski definition) is 2. The standard InChI is InChI=1S/C17H33F3N6.HI/c1-21-16(23-15-5-8-26(13-15)14-17(18,19)20)22-6-3-4-7-25-11-9-24(2)10-12-25;/h15H,3-14H2,1-2H3,(H2,21,22,23);1H. The largest absolute Gasteiger partial charge is 0.401 e. The van der Waals surface area contributed by atoms with Gasteiger partial charge in [0.25, 0.3) is 0 Å². The highest BCUT2D eigenvalue weighted by molar-refractivity contribution is 14.0. The highest BCUT2D eigenvalue weighted by Gasteiger charge is 2.34. The third kappa shape index (κ3) is 10.1. The van der Waals surface area contributed by atoms with Crippen LogP contribution in [0.2, 0.25) is 0 Å². The van der Waals surface area contributed by atoms with E-state index in [4.69, 9.17) is 0 Å². The van der Waals surface area contributed by atoms with Gasteiger partial charge in [-0.25, -0.2) is 0 Å². The monoisotopic (exact) mass is 506 g/mol. The molecule has 2 fully saturated rings. The molecule has 2 aliphatic heterocycles. The minimum Gasteiger partial charge on any atom is -0.356 e. The summed E-state index contributed by atoms with van der Waals surface area (Å²) in [5.74, 6) is 0.684. The SMILES string of the molecule is CN=C(NCCCCN1CCN(C)CC1)NC1CCN(CC(F)(F)F)C1.I. The maximum Gasteiger partial charge on any atom is 0.401 e. The highest BCUT2D eigenvalue weighted by atomic mass is 127. The Morgan fingerprint density at radius 1 is 1.07 bits per heavy atom. The van der Waals surface area contributed by atoms with Crippen molar-refractivity contribution in [3.05, 3.63) is 0 Å². The number of halogens is 4. The molecule has 0 aromatic carbocycles. The van der Waals surface area contributed by atoms with Gasteiger partial charge in [-0.15, -0.1) is 24.0 Å². The van der Waals surface area contributed by atoms with Gasteiger partial charge in [0, 0.05) is 58.9 Å². The maximum absolute atomic E-state index is 12.5. The zero-order valence-corrected chi connectivity index (χ0v) is 18.7. The number of nitrogens with zero attached hydrogens (tertiary/aromatic N) is 4. The fourth-order valence-corrected chi connectivity index (χ4v) is 3.47. The fourth-order valence-electron chi connectivity index (χ4n) is 3.47. The summed E-state index contributed by atoms with van der Waals surface area (Å²) < 4.78 is 37.4. The normalized spacial score (nSPS) is 23.3. The van der Waals surface area contributed by atoms with E-state index in [1.807, 2.05) is 0 Å². The summed E-state index contributed by atoms with van der Waals surface area (Å²) >= 11 is 0. The second-order valence-electron chi connectivity index (χ2n) is 7.33. The summed E-state index contributed by atoms with van der Waals surface area (Å²) in [5, 5.41) is 6.52. The fraction of sp³-hybridized carbons (Fsp3) is 0.941. The lowest BCUT2D eigenvalue weighted by molar-refractivity contribution is -0.143. The van der Waals surface area contributed by atoms with Gasteiger partial charge in [-0.3, -0.25) is 9.89 Å². The molecule has 0 spiro atoms. The van der Waals surface area contributed by atoms with Crippen molar-refractivity contribution in [2.24, 2.45) is 4.99 Å². The number of likely N-dealkylation sites (tertiary alicyclic amines) is 1. The second kappa shape index (κ2) is 12.3. The molecule has 27 heavy (non-hydrogen) atoms. The number of nitrogens with one attached hydrogen (secondary N) is 2. The van der Waals surface area contributed by atoms with Crippen molar-refractivity contribution in [1.82, 2.24) is 25.3 Å². The second-order valence-corrected chi connectivity index (χ2v) is 7.33. The molecular formula is C17H34F3IN6. The van der Waals surface area contributed by atoms with E-state index in [9.17, 15) is 13.2 Å². The number of aliphatic imine (C=N–C) groups is 1. The van der Waals surface area contributed by atoms with Crippen molar-refractivity contribution in [2.45, 2.75) is 31.5 Å². The van der Waals surface area contributed by atoms with Crippen molar-refractivity contribution in [1.29, 1.82) is 0 Å². The average Bonchev–Trinajstić information content (AvgIpc) is 3.00. The Hall–Kier alpha value is -0.330. The van der Waals surface area contributed by atoms with Crippen LogP contribution in [0, 0.1) is 0 Å². The van der Waals surface area contributed by atoms with Gasteiger partial charge in [0.15, 0.2) is 5.96 Å². The first kappa shape index (κ1) is 24.7. The number of alkyl halides is 3. The van der Waals surface area contributed by atoms with Crippen LogP contribution < -0.4 is 10.6 Å². The molecule has 0 aromatic rings. The number of hydrogen-bond acceptors (Lipinski definition) is 4. The van der Waals surface area contributed by atoms with Crippen LogP contribution in [0.25, 0.3) is 0 Å². The van der Waals surface area contributed by atoms with E-state index in [0.29, 0.717) is 25.5 Å². The number of unbranched alkanes of at least 4 members (excludes halogenated alkanes) is 1. The zero-order valence-electron chi connectivity index (χ0n) is 16.4. The van der Waals surface area contributed by atoms with Gasteiger partial charge in [0.1, 0.15) is 0 Å². The molecule has 0 saturated carbocycles. The van der Waals surface area contributed by atoms with Gasteiger partial charge >= 0.3 is 6.18 Å². The Morgan fingerprint density at radius 3 is 2.41 bits per heavy atom. The minimum absolute atomic E-state index is 0. The lowest BCUT2D eigenvalue weighted by Gasteiger charge is -2.32. The summed E-state index contributed by atoms with van der Waals surface area (Å²) in [4.78, 5) is 10.5. The molecular weight excluding hydrogens is 472 g/mol. The summed E-state index contributed by atoms with van der Waals surface area (Å²) in [6, 6.07) is 0.0221. The van der Waals surface area contributed by atoms with Gasteiger partial charge in [-0.05, 0) is 32.9 Å². The van der Waals surface area contributed by atoms with E-state index >= 15 is 0 Å². The topological polar surface area (TPSA) is 46.1 Å². The first-order valence-corrected chi connectivity index (χ1v) is 9.53. The van der Waals surface area contributed by atoms with Crippen LogP contribution in [0.4, 0.5) is 13.2 Å². The molecule has 2 heterocycles. The predicted molar refractivity (Wildman–Crippen MR) is 114 cm³/mol. The molecule has 0 radical (unpaired) electrons. The first-order valence-electron chi connectivity index (χ1n) is 9.53. The molecule has 2 N–H and O–H groups in total. The predicted octanol–water partition coefficient (Wildman–Crippen LogP) is 1.43. The van der Waals surface area contributed by atoms with E-state index in [0.717, 1.165) is 52.1 Å². The summed E-state index contributed by atoms with van der Waals surface area (Å²) in [6.45, 7) is 6.56. The lowest BCUT2D eigenvalue weighted by atomic mass is 10.2. The molecule has 10 heteroatoms. The maximum atomic E-state index is 12.5. The van der Waals surface area contributed by atoms with Crippen LogP contribution in [-0.2, 0) is 0 Å². The molecule has 0 aliphatic carbocycles. The first-order chi connectivity index (χ1) is 12.4. The highest BCUT2D eigenvalue weighted by Crippen LogP contribution is 2.19. The average molecular weight is 506 g/mol. The van der Waals surface area contributed by atoms with Crippen LogP contribution in [0.3, 0.4) is 0 Å². The Bertz CT molecular complexity index is 441. The molecule has 0 bridgehead atoms. The Morgan fingerprint density at radius 2 is 1.78 bits per heavy atom. The van der Waals surface area contributed by atoms with Crippen LogP contribution in [0.15, 0.2) is 4.99 Å². The Labute approximate surface area is 177 Å². The number of guanidine groups is 1. The van der Waals surface area contributed by atoms with Gasteiger partial charge in [-0.2, -0.15) is 13.2 Å². The summed E-state index contributed by atoms with van der Waals surface area (Å²) in [7, 11) is 3.86. The minimum atomic E-state index is -4.13. The summed E-state index contributed by atoms with van der Waals surface area (Å²) in [5.41, 5.74) is 0. The van der Waals surface area contributed by atoms with Crippen LogP contribution in [0.1, 0.15) is 19.3 Å². The van der Waals surface area contributed by atoms with Crippen LogP contribution in [-0.4, -0.2) is 106 Å². The number of piperazine rings is 1. The van der Waals surface area contributed by atoms with E-state index in [-0.39, 0.29) is 30.0 Å². The van der Waals surface area contributed by atoms with E-state index in [1.54, 1.807) is 7.05 Å². The molecule has 160 valence electrons. The smallest absolute Gasteiger partial charge is 0.356 e. The molecule has 2 rings (SSSR count). The van der Waals surface area contributed by atoms with E-state index < -0.39 is 12.7 Å². The Balaban J connectivity index is 0.00000364. The quantitative estimate of drug-likeness (QED) is 0.237. The molecule has 6 nitrogen and oxygen atoms in total. The van der Waals surface area contributed by atoms with Gasteiger partial charge in [0.2, 0.25) is 0 Å². The van der Waals surface area contributed by atoms with Crippen molar-refractivity contribution in [3.63, 3.8) is 0 Å². The van der Waals surface area contributed by atoms with Crippen LogP contribution in [0.5, 0.6) is 0 Å². The third-order valence-corrected chi connectivity index (χ3v) is 5.03. The number of likely N-dealkylation sites (N-methyl/N-ethyl adjacent to an activating group) is 1. The molecule has 2 saturated heterocycles. The van der Waals surface area contributed by atoms with E-state index in [1.165, 1.54) is 4.90 Å². The van der Waals surface area contributed by atoms with Crippen molar-refractivity contribution in [3.8, 4) is 0 Å². The van der Waals surface area contributed by atoms with Gasteiger partial charge in [0.05, 0.1) is 6.54 Å². The number of rotatable bonds is 7. The lowest BCUT2D eigenvalue weighted by Crippen LogP contribution is -2.46. The van der Waals surface area contributed by atoms with Gasteiger partial charge < -0.3 is 20.4 Å². The molecule has 0 aromatic heterocycles. The zero-order chi connectivity index (χ0) is 19.0. The molecule has 0 amide bonds. The van der Waals surface area contributed by atoms with Crippen molar-refractivity contribution in [2.75, 3.05) is 73.0 Å². The molecule has 1 unspecified atom stereocenters. The summed E-state index contributed by atoms with van der Waals surface area (Å²) in [6.07, 6.45) is -1.23. The van der Waals surface area contributed by atoms with Gasteiger partial charge in [-0.1, -0.05) is 0 Å². The van der Waals surface area contributed by atoms with Crippen LogP contribution >= 0.6 is 24.0 Å². The molecule has 1 atom stereocenters. The van der Waals surface area contributed by atoms with Crippen molar-refractivity contribution < 1.29 is 13.2 Å². The van der Waals surface area contributed by atoms with E-state index in [2.05, 4.69) is 32.5 Å².